The number of carbonyl (C=O) groups excluding carboxylic acids is 2. The fraction of sp³-hybridized carbons (Fsp3) is 0.583. The molecule has 1 atom stereocenters. The number of hydrogen-bond acceptors (Lipinski definition) is 6. The van der Waals surface area contributed by atoms with Gasteiger partial charge in [0.15, 0.2) is 5.01 Å². The minimum atomic E-state index is -4.56. The monoisotopic (exact) mass is 547 g/mol. The van der Waals surface area contributed by atoms with Crippen LogP contribution in [0.15, 0.2) is 12.3 Å². The molecule has 1 aliphatic carbocycles. The molecule has 1 unspecified atom stereocenters. The average Bonchev–Trinajstić information content (AvgIpc) is 3.47. The van der Waals surface area contributed by atoms with Crippen molar-refractivity contribution in [3.63, 3.8) is 0 Å². The molecule has 2 aromatic rings. The van der Waals surface area contributed by atoms with Crippen LogP contribution in [0.4, 0.5) is 27.8 Å². The largest absolute Gasteiger partial charge is 0.405 e. The highest BCUT2D eigenvalue weighted by atomic mass is 32.1. The number of nitrogens with one attached hydrogen (secondary N) is 2. The Hall–Kier alpha value is -2.83. The second-order valence-corrected chi connectivity index (χ2v) is 9.71. The van der Waals surface area contributed by atoms with Crippen molar-refractivity contribution < 1.29 is 31.5 Å². The lowest BCUT2D eigenvalue weighted by Crippen LogP contribution is -2.39. The van der Waals surface area contributed by atoms with E-state index < -0.39 is 36.5 Å². The molecule has 3 heterocycles. The lowest BCUT2D eigenvalue weighted by atomic mass is 9.93. The van der Waals surface area contributed by atoms with E-state index in [0.717, 1.165) is 55.7 Å². The highest BCUT2D eigenvalue weighted by Crippen LogP contribution is 2.39. The fourth-order valence-corrected chi connectivity index (χ4v) is 5.04. The molecule has 0 bridgehead atoms. The van der Waals surface area contributed by atoms with E-state index in [1.54, 1.807) is 4.90 Å². The molecule has 37 heavy (non-hydrogen) atoms. The van der Waals surface area contributed by atoms with Crippen molar-refractivity contribution in [2.45, 2.75) is 77.6 Å². The van der Waals surface area contributed by atoms with Gasteiger partial charge in [-0.25, -0.2) is 18.7 Å². The Morgan fingerprint density at radius 2 is 1.89 bits per heavy atom. The number of nitrogens with zero attached hydrogens (tertiary/aromatic N) is 3. The first kappa shape index (κ1) is 28.7. The number of thiazole rings is 1. The van der Waals surface area contributed by atoms with Gasteiger partial charge in [-0.2, -0.15) is 13.2 Å². The maximum atomic E-state index is 14.0. The standard InChI is InChI=1S/C22H24F5N5O2S.C2H6/c1-11-4-3-7-32(11)21(34)16-17(35-20(31-16)19(33)30-12-5-2-6-12)14-9-28-15(8-13(14)18(23)24)29-10-22(25,26)27;1-2/h8-9,11-12,18H,2-7,10H2,1H3,(H,28,29)(H,30,33);1-2H3. The van der Waals surface area contributed by atoms with Crippen LogP contribution in [0.25, 0.3) is 10.4 Å². The number of anilines is 1. The van der Waals surface area contributed by atoms with E-state index in [2.05, 4.69) is 15.3 Å². The van der Waals surface area contributed by atoms with Crippen molar-refractivity contribution in [1.82, 2.24) is 20.2 Å². The zero-order valence-electron chi connectivity index (χ0n) is 20.8. The number of alkyl halides is 5. The summed E-state index contributed by atoms with van der Waals surface area (Å²) < 4.78 is 65.6. The summed E-state index contributed by atoms with van der Waals surface area (Å²) in [6.07, 6.45) is -2.43. The first-order chi connectivity index (χ1) is 17.5. The molecule has 13 heteroatoms. The number of likely N-dealkylation sites (tertiary alicyclic amines) is 1. The number of amides is 2. The Kier molecular flexibility index (Phi) is 9.43. The zero-order chi connectivity index (χ0) is 27.3. The van der Waals surface area contributed by atoms with E-state index in [1.165, 1.54) is 0 Å². The normalized spacial score (nSPS) is 17.8. The van der Waals surface area contributed by atoms with E-state index in [0.29, 0.717) is 6.54 Å². The van der Waals surface area contributed by atoms with Gasteiger partial charge in [0.05, 0.1) is 4.88 Å². The predicted molar refractivity (Wildman–Crippen MR) is 131 cm³/mol. The van der Waals surface area contributed by atoms with Crippen LogP contribution in [0.1, 0.15) is 85.2 Å². The molecule has 2 aromatic heterocycles. The molecule has 0 aromatic carbocycles. The quantitative estimate of drug-likeness (QED) is 0.412. The summed E-state index contributed by atoms with van der Waals surface area (Å²) in [5, 5.41) is 4.77. The third-order valence-electron chi connectivity index (χ3n) is 6.16. The van der Waals surface area contributed by atoms with Gasteiger partial charge in [0.1, 0.15) is 18.1 Å². The van der Waals surface area contributed by atoms with Gasteiger partial charge in [-0.3, -0.25) is 9.59 Å². The van der Waals surface area contributed by atoms with Gasteiger partial charge < -0.3 is 15.5 Å². The number of pyridine rings is 1. The minimum absolute atomic E-state index is 0.00453. The second-order valence-electron chi connectivity index (χ2n) is 8.71. The Morgan fingerprint density at radius 3 is 2.43 bits per heavy atom. The first-order valence-electron chi connectivity index (χ1n) is 12.2. The van der Waals surface area contributed by atoms with Crippen molar-refractivity contribution in [2.75, 3.05) is 18.4 Å². The van der Waals surface area contributed by atoms with Gasteiger partial charge >= 0.3 is 6.18 Å². The predicted octanol–water partition coefficient (Wildman–Crippen LogP) is 6.05. The Morgan fingerprint density at radius 1 is 1.19 bits per heavy atom. The van der Waals surface area contributed by atoms with Crippen molar-refractivity contribution >= 4 is 29.0 Å². The van der Waals surface area contributed by atoms with Crippen molar-refractivity contribution in [2.24, 2.45) is 0 Å². The van der Waals surface area contributed by atoms with Crippen LogP contribution in [0, 0.1) is 0 Å². The van der Waals surface area contributed by atoms with Gasteiger partial charge in [0.25, 0.3) is 18.2 Å². The second kappa shape index (κ2) is 12.1. The van der Waals surface area contributed by atoms with Crippen LogP contribution in [-0.4, -0.2) is 58.0 Å². The van der Waals surface area contributed by atoms with E-state index in [9.17, 15) is 31.5 Å². The van der Waals surface area contributed by atoms with Crippen molar-refractivity contribution in [3.05, 3.63) is 28.5 Å². The molecule has 4 rings (SSSR count). The van der Waals surface area contributed by atoms with E-state index in [-0.39, 0.29) is 39.0 Å². The molecule has 2 amide bonds. The van der Waals surface area contributed by atoms with E-state index in [1.807, 2.05) is 26.1 Å². The fourth-order valence-electron chi connectivity index (χ4n) is 4.04. The molecule has 1 aliphatic heterocycles. The zero-order valence-corrected chi connectivity index (χ0v) is 21.6. The Balaban J connectivity index is 0.00000186. The van der Waals surface area contributed by atoms with Gasteiger partial charge in [0.2, 0.25) is 0 Å². The lowest BCUT2D eigenvalue weighted by Gasteiger charge is -2.25. The molecule has 0 radical (unpaired) electrons. The molecule has 0 spiro atoms. The molecule has 2 N–H and O–H groups in total. The van der Waals surface area contributed by atoms with Crippen LogP contribution >= 0.6 is 11.3 Å². The van der Waals surface area contributed by atoms with Crippen LogP contribution < -0.4 is 10.6 Å². The van der Waals surface area contributed by atoms with E-state index in [4.69, 9.17) is 0 Å². The maximum absolute atomic E-state index is 14.0. The van der Waals surface area contributed by atoms with Crippen LogP contribution in [0.5, 0.6) is 0 Å². The summed E-state index contributed by atoms with van der Waals surface area (Å²) in [5.74, 6) is -1.36. The summed E-state index contributed by atoms with van der Waals surface area (Å²) in [4.78, 5) is 35.8. The molecule has 7 nitrogen and oxygen atoms in total. The van der Waals surface area contributed by atoms with Gasteiger partial charge in [-0.05, 0) is 45.1 Å². The van der Waals surface area contributed by atoms with Crippen LogP contribution in [0.2, 0.25) is 0 Å². The molecule has 2 aliphatic rings. The molecular weight excluding hydrogens is 517 g/mol. The number of halogens is 5. The Labute approximate surface area is 215 Å². The minimum Gasteiger partial charge on any atom is -0.361 e. The summed E-state index contributed by atoms with van der Waals surface area (Å²) in [5.41, 5.74) is -0.891. The number of carbonyl (C=O) groups is 2. The summed E-state index contributed by atoms with van der Waals surface area (Å²) in [7, 11) is 0. The van der Waals surface area contributed by atoms with Crippen LogP contribution in [0.3, 0.4) is 0 Å². The van der Waals surface area contributed by atoms with Crippen molar-refractivity contribution in [1.29, 1.82) is 0 Å². The topological polar surface area (TPSA) is 87.2 Å². The summed E-state index contributed by atoms with van der Waals surface area (Å²) in [6.45, 7) is 4.90. The van der Waals surface area contributed by atoms with Crippen molar-refractivity contribution in [3.8, 4) is 10.4 Å². The molecule has 1 saturated heterocycles. The maximum Gasteiger partial charge on any atom is 0.405 e. The first-order valence-corrected chi connectivity index (χ1v) is 13.1. The Bertz CT molecular complexity index is 1100. The smallest absolute Gasteiger partial charge is 0.361 e. The van der Waals surface area contributed by atoms with E-state index >= 15 is 0 Å². The highest BCUT2D eigenvalue weighted by molar-refractivity contribution is 7.17. The SMILES string of the molecule is CC.CC1CCCN1C(=O)c1nc(C(=O)NC2CCC2)sc1-c1cnc(NCC(F)(F)F)cc1C(F)F. The van der Waals surface area contributed by atoms with Gasteiger partial charge in [-0.15, -0.1) is 11.3 Å². The number of aromatic nitrogens is 2. The summed E-state index contributed by atoms with van der Waals surface area (Å²) in [6, 6.07) is 0.752. The molecule has 2 fully saturated rings. The highest BCUT2D eigenvalue weighted by Gasteiger charge is 2.34. The molecule has 204 valence electrons. The number of rotatable bonds is 7. The third-order valence-corrected chi connectivity index (χ3v) is 7.25. The summed E-state index contributed by atoms with van der Waals surface area (Å²) >= 11 is 0.796. The molecule has 1 saturated carbocycles. The third kappa shape index (κ3) is 6.93. The average molecular weight is 548 g/mol. The lowest BCUT2D eigenvalue weighted by molar-refractivity contribution is -0.115. The number of hydrogen-bond donors (Lipinski definition) is 2. The van der Waals surface area contributed by atoms with Gasteiger partial charge in [0, 0.05) is 36.0 Å². The van der Waals surface area contributed by atoms with Crippen LogP contribution in [-0.2, 0) is 0 Å². The molecular formula is C24H30F5N5O2S. The van der Waals surface area contributed by atoms with Gasteiger partial charge in [-0.1, -0.05) is 13.8 Å².